The summed E-state index contributed by atoms with van der Waals surface area (Å²) in [6.45, 7) is 6.36. The molecule has 2 aromatic carbocycles. The number of nitrogens with one attached hydrogen (secondary N) is 1. The standard InChI is InChI=1S/C24H31N3O3/c1-3-18(2)21(23(28)29)25-24(30)27-16-14-26(15-17-27)22(19-10-6-4-7-11-19)20-12-8-5-9-13-20/h4-13,18,21-22H,3,14-17H2,1-2H3,(H,25,30)(H,28,29). The van der Waals surface area contributed by atoms with Crippen molar-refractivity contribution in [1.29, 1.82) is 0 Å². The monoisotopic (exact) mass is 409 g/mol. The molecule has 0 radical (unpaired) electrons. The van der Waals surface area contributed by atoms with Crippen LogP contribution < -0.4 is 5.32 Å². The van der Waals surface area contributed by atoms with Crippen LogP contribution in [0, 0.1) is 5.92 Å². The lowest BCUT2D eigenvalue weighted by Gasteiger charge is -2.40. The van der Waals surface area contributed by atoms with Crippen molar-refractivity contribution in [2.75, 3.05) is 26.2 Å². The predicted octanol–water partition coefficient (Wildman–Crippen LogP) is 3.60. The van der Waals surface area contributed by atoms with E-state index < -0.39 is 12.0 Å². The Morgan fingerprint density at radius 3 is 1.87 bits per heavy atom. The van der Waals surface area contributed by atoms with Gasteiger partial charge in [0, 0.05) is 26.2 Å². The molecule has 2 amide bonds. The third-order valence-electron chi connectivity index (χ3n) is 5.96. The molecule has 160 valence electrons. The lowest BCUT2D eigenvalue weighted by atomic mass is 9.96. The zero-order chi connectivity index (χ0) is 21.5. The van der Waals surface area contributed by atoms with E-state index in [0.29, 0.717) is 19.5 Å². The van der Waals surface area contributed by atoms with Gasteiger partial charge in [-0.15, -0.1) is 0 Å². The Hall–Kier alpha value is -2.86. The third kappa shape index (κ3) is 5.19. The van der Waals surface area contributed by atoms with E-state index in [-0.39, 0.29) is 18.0 Å². The second-order valence-corrected chi connectivity index (χ2v) is 7.90. The molecule has 6 nitrogen and oxygen atoms in total. The quantitative estimate of drug-likeness (QED) is 0.733. The van der Waals surface area contributed by atoms with Crippen molar-refractivity contribution in [3.63, 3.8) is 0 Å². The Balaban J connectivity index is 1.68. The van der Waals surface area contributed by atoms with Gasteiger partial charge in [-0.3, -0.25) is 4.90 Å². The summed E-state index contributed by atoms with van der Waals surface area (Å²) in [6, 6.07) is 19.8. The molecular formula is C24H31N3O3. The summed E-state index contributed by atoms with van der Waals surface area (Å²) >= 11 is 0. The number of benzene rings is 2. The first-order valence-electron chi connectivity index (χ1n) is 10.6. The van der Waals surface area contributed by atoms with Crippen molar-refractivity contribution in [3.8, 4) is 0 Å². The van der Waals surface area contributed by atoms with Gasteiger partial charge < -0.3 is 15.3 Å². The minimum atomic E-state index is -0.982. The van der Waals surface area contributed by atoms with Crippen LogP contribution in [0.5, 0.6) is 0 Å². The number of hydrogen-bond acceptors (Lipinski definition) is 3. The van der Waals surface area contributed by atoms with E-state index in [2.05, 4.69) is 58.7 Å². The summed E-state index contributed by atoms with van der Waals surface area (Å²) in [7, 11) is 0. The molecule has 0 bridgehead atoms. The molecule has 0 saturated carbocycles. The van der Waals surface area contributed by atoms with Gasteiger partial charge in [0.25, 0.3) is 0 Å². The highest BCUT2D eigenvalue weighted by atomic mass is 16.4. The van der Waals surface area contributed by atoms with Crippen molar-refractivity contribution in [3.05, 3.63) is 71.8 Å². The Kier molecular flexibility index (Phi) is 7.46. The van der Waals surface area contributed by atoms with Gasteiger partial charge in [0.1, 0.15) is 6.04 Å². The number of aliphatic carboxylic acids is 1. The van der Waals surface area contributed by atoms with Crippen LogP contribution in [0.25, 0.3) is 0 Å². The Labute approximate surface area is 178 Å². The Morgan fingerprint density at radius 1 is 0.933 bits per heavy atom. The van der Waals surface area contributed by atoms with Gasteiger partial charge >= 0.3 is 12.0 Å². The van der Waals surface area contributed by atoms with Gasteiger partial charge in [0.15, 0.2) is 0 Å². The van der Waals surface area contributed by atoms with Crippen molar-refractivity contribution in [1.82, 2.24) is 15.1 Å². The first-order chi connectivity index (χ1) is 14.5. The van der Waals surface area contributed by atoms with Gasteiger partial charge in [-0.25, -0.2) is 9.59 Å². The molecular weight excluding hydrogens is 378 g/mol. The van der Waals surface area contributed by atoms with Crippen LogP contribution in [-0.2, 0) is 4.79 Å². The number of carbonyl (C=O) groups excluding carboxylic acids is 1. The number of urea groups is 1. The molecule has 2 unspecified atom stereocenters. The third-order valence-corrected chi connectivity index (χ3v) is 5.96. The molecule has 0 aliphatic carbocycles. The summed E-state index contributed by atoms with van der Waals surface area (Å²) in [5.74, 6) is -1.10. The van der Waals surface area contributed by atoms with Crippen LogP contribution in [0.2, 0.25) is 0 Å². The van der Waals surface area contributed by atoms with E-state index in [4.69, 9.17) is 0 Å². The number of carbonyl (C=O) groups is 2. The molecule has 30 heavy (non-hydrogen) atoms. The highest BCUT2D eigenvalue weighted by Crippen LogP contribution is 2.29. The van der Waals surface area contributed by atoms with Crippen LogP contribution in [0.1, 0.15) is 37.4 Å². The van der Waals surface area contributed by atoms with E-state index >= 15 is 0 Å². The number of piperazine rings is 1. The largest absolute Gasteiger partial charge is 0.480 e. The molecule has 0 aromatic heterocycles. The Morgan fingerprint density at radius 2 is 1.43 bits per heavy atom. The fourth-order valence-corrected chi connectivity index (χ4v) is 3.98. The van der Waals surface area contributed by atoms with Gasteiger partial charge in [-0.1, -0.05) is 80.9 Å². The van der Waals surface area contributed by atoms with E-state index in [0.717, 1.165) is 13.1 Å². The lowest BCUT2D eigenvalue weighted by molar-refractivity contribution is -0.140. The molecule has 1 fully saturated rings. The summed E-state index contributed by atoms with van der Waals surface area (Å²) in [5.41, 5.74) is 2.45. The molecule has 2 atom stereocenters. The minimum Gasteiger partial charge on any atom is -0.480 e. The van der Waals surface area contributed by atoms with Crippen LogP contribution in [0.4, 0.5) is 4.79 Å². The fraction of sp³-hybridized carbons (Fsp3) is 0.417. The van der Waals surface area contributed by atoms with Crippen molar-refractivity contribution in [2.24, 2.45) is 5.92 Å². The molecule has 1 aliphatic heterocycles. The molecule has 2 aromatic rings. The van der Waals surface area contributed by atoms with E-state index in [1.54, 1.807) is 4.90 Å². The van der Waals surface area contributed by atoms with Crippen LogP contribution >= 0.6 is 0 Å². The highest BCUT2D eigenvalue weighted by molar-refractivity contribution is 5.82. The number of amides is 2. The second kappa shape index (κ2) is 10.3. The maximum atomic E-state index is 12.7. The fourth-order valence-electron chi connectivity index (χ4n) is 3.98. The molecule has 3 rings (SSSR count). The zero-order valence-corrected chi connectivity index (χ0v) is 17.7. The van der Waals surface area contributed by atoms with Crippen molar-refractivity contribution >= 4 is 12.0 Å². The topological polar surface area (TPSA) is 72.9 Å². The smallest absolute Gasteiger partial charge is 0.326 e. The van der Waals surface area contributed by atoms with Crippen LogP contribution in [0.3, 0.4) is 0 Å². The SMILES string of the molecule is CCC(C)C(NC(=O)N1CCN(C(c2ccccc2)c2ccccc2)CC1)C(=O)O. The number of carboxylic acids is 1. The van der Waals surface area contributed by atoms with E-state index in [9.17, 15) is 14.7 Å². The number of rotatable bonds is 7. The first-order valence-corrected chi connectivity index (χ1v) is 10.6. The van der Waals surface area contributed by atoms with Crippen LogP contribution in [0.15, 0.2) is 60.7 Å². The maximum Gasteiger partial charge on any atom is 0.326 e. The molecule has 1 heterocycles. The summed E-state index contributed by atoms with van der Waals surface area (Å²) in [6.07, 6.45) is 0.695. The lowest BCUT2D eigenvalue weighted by Crippen LogP contribution is -2.56. The summed E-state index contributed by atoms with van der Waals surface area (Å²) < 4.78 is 0. The van der Waals surface area contributed by atoms with Gasteiger partial charge in [-0.05, 0) is 17.0 Å². The number of carboxylic acid groups (broad SMARTS) is 1. The average Bonchev–Trinajstić information content (AvgIpc) is 2.78. The predicted molar refractivity (Wildman–Crippen MR) is 117 cm³/mol. The highest BCUT2D eigenvalue weighted by Gasteiger charge is 2.31. The van der Waals surface area contributed by atoms with Crippen molar-refractivity contribution in [2.45, 2.75) is 32.4 Å². The molecule has 1 saturated heterocycles. The molecule has 0 spiro atoms. The zero-order valence-electron chi connectivity index (χ0n) is 17.7. The first kappa shape index (κ1) is 21.8. The average molecular weight is 410 g/mol. The van der Waals surface area contributed by atoms with Gasteiger partial charge in [0.2, 0.25) is 0 Å². The Bertz CT molecular complexity index is 781. The van der Waals surface area contributed by atoms with E-state index in [1.165, 1.54) is 11.1 Å². The van der Waals surface area contributed by atoms with Gasteiger partial charge in [0.05, 0.1) is 6.04 Å². The molecule has 2 N–H and O–H groups in total. The molecule has 1 aliphatic rings. The number of nitrogens with zero attached hydrogens (tertiary/aromatic N) is 2. The second-order valence-electron chi connectivity index (χ2n) is 7.90. The number of hydrogen-bond donors (Lipinski definition) is 2. The maximum absolute atomic E-state index is 12.7. The normalized spacial score (nSPS) is 16.8. The van der Waals surface area contributed by atoms with Crippen molar-refractivity contribution < 1.29 is 14.7 Å². The molecule has 6 heteroatoms. The van der Waals surface area contributed by atoms with Gasteiger partial charge in [-0.2, -0.15) is 0 Å². The minimum absolute atomic E-state index is 0.117. The van der Waals surface area contributed by atoms with E-state index in [1.807, 2.05) is 26.0 Å². The summed E-state index contributed by atoms with van der Waals surface area (Å²) in [5, 5.41) is 12.2. The summed E-state index contributed by atoms with van der Waals surface area (Å²) in [4.78, 5) is 28.3. The van der Waals surface area contributed by atoms with Crippen LogP contribution in [-0.4, -0.2) is 59.1 Å².